The summed E-state index contributed by atoms with van der Waals surface area (Å²) in [5.41, 5.74) is 3.05. The van der Waals surface area contributed by atoms with Crippen LogP contribution in [-0.4, -0.2) is 21.0 Å². The number of allylic oxidation sites excluding steroid dienone is 1. The lowest BCUT2D eigenvalue weighted by Crippen LogP contribution is -2.50. The number of aromatic amines is 1. The molecule has 0 bridgehead atoms. The summed E-state index contributed by atoms with van der Waals surface area (Å²) in [5, 5.41) is 13.1. The van der Waals surface area contributed by atoms with Crippen LogP contribution >= 0.6 is 34.7 Å². The van der Waals surface area contributed by atoms with Crippen molar-refractivity contribution < 1.29 is 9.48 Å². The molecule has 1 unspecified atom stereocenters. The van der Waals surface area contributed by atoms with E-state index in [0.717, 1.165) is 26.3 Å². The number of carbonyl (C=O) groups excluding carboxylic acids is 1. The Hall–Kier alpha value is -3.14. The van der Waals surface area contributed by atoms with Crippen LogP contribution in [0.5, 0.6) is 0 Å². The first-order valence-corrected chi connectivity index (χ1v) is 12.4. The molecule has 0 aliphatic carbocycles. The smallest absolute Gasteiger partial charge is 0.321 e. The van der Waals surface area contributed by atoms with Crippen molar-refractivity contribution >= 4 is 52.2 Å². The predicted molar refractivity (Wildman–Crippen MR) is 131 cm³/mol. The van der Waals surface area contributed by atoms with Gasteiger partial charge in [-0.15, -0.1) is 16.0 Å². The van der Waals surface area contributed by atoms with Crippen LogP contribution in [0.2, 0.25) is 5.02 Å². The highest BCUT2D eigenvalue weighted by molar-refractivity contribution is 7.98. The van der Waals surface area contributed by atoms with Gasteiger partial charge in [-0.25, -0.2) is 10.4 Å². The van der Waals surface area contributed by atoms with Crippen molar-refractivity contribution in [3.63, 3.8) is 0 Å². The summed E-state index contributed by atoms with van der Waals surface area (Å²) in [4.78, 5) is 23.2. The van der Waals surface area contributed by atoms with Crippen LogP contribution in [0, 0.1) is 0 Å². The average molecular weight is 496 g/mol. The zero-order valence-corrected chi connectivity index (χ0v) is 20.0. The zero-order valence-electron chi connectivity index (χ0n) is 17.6. The summed E-state index contributed by atoms with van der Waals surface area (Å²) in [6.07, 6.45) is 3.30. The van der Waals surface area contributed by atoms with Gasteiger partial charge >= 0.3 is 5.95 Å². The fourth-order valence-corrected chi connectivity index (χ4v) is 5.61. The quantitative estimate of drug-likeness (QED) is 0.258. The van der Waals surface area contributed by atoms with Crippen molar-refractivity contribution in [1.82, 2.24) is 15.1 Å². The van der Waals surface area contributed by atoms with Gasteiger partial charge < -0.3 is 5.32 Å². The second-order valence-electron chi connectivity index (χ2n) is 7.38. The highest BCUT2D eigenvalue weighted by Gasteiger charge is 2.40. The van der Waals surface area contributed by atoms with E-state index in [1.54, 1.807) is 41.6 Å². The number of aromatic nitrogens is 4. The minimum absolute atomic E-state index is 0.190. The van der Waals surface area contributed by atoms with Crippen molar-refractivity contribution in [3.05, 3.63) is 93.0 Å². The van der Waals surface area contributed by atoms with Crippen LogP contribution in [0.25, 0.3) is 0 Å². The molecule has 0 fully saturated rings. The number of amides is 1. The van der Waals surface area contributed by atoms with Crippen LogP contribution in [0.15, 0.2) is 82.7 Å². The first kappa shape index (κ1) is 21.7. The number of thiophene rings is 1. The summed E-state index contributed by atoms with van der Waals surface area (Å²) in [7, 11) is 0. The van der Waals surface area contributed by atoms with Crippen molar-refractivity contribution in [2.75, 3.05) is 10.6 Å². The molecule has 0 spiro atoms. The van der Waals surface area contributed by atoms with Gasteiger partial charge in [0, 0.05) is 21.8 Å². The second kappa shape index (κ2) is 9.38. The molecule has 0 saturated heterocycles. The maximum absolute atomic E-state index is 13.3. The molecule has 4 aromatic rings. The van der Waals surface area contributed by atoms with Gasteiger partial charge in [0.25, 0.3) is 11.1 Å². The standard InChI is InChI=1S/C23H19ClN6OS2/c1-14-19(21(31)27-16-7-4-10-25-12-16)20(18-9-5-11-32-18)30-22(26-14)28-23(29-30)33-13-15-6-2-3-8-17(15)24/h2-12,20H,13H2,1H3,(H2,26,27,28,29,31)/p+1. The summed E-state index contributed by atoms with van der Waals surface area (Å²) in [6, 6.07) is 15.1. The van der Waals surface area contributed by atoms with Gasteiger partial charge in [-0.05, 0) is 47.1 Å². The number of carbonyl (C=O) groups is 1. The number of hydrogen-bond donors (Lipinski definition) is 3. The molecule has 166 valence electrons. The van der Waals surface area contributed by atoms with Gasteiger partial charge in [0.05, 0.1) is 23.2 Å². The molecule has 4 heterocycles. The highest BCUT2D eigenvalue weighted by atomic mass is 35.5. The Morgan fingerprint density at radius 1 is 1.24 bits per heavy atom. The van der Waals surface area contributed by atoms with E-state index in [0.29, 0.717) is 23.0 Å². The lowest BCUT2D eigenvalue weighted by atomic mass is 10.0. The maximum atomic E-state index is 13.3. The number of thioether (sulfide) groups is 1. The molecule has 5 rings (SSSR count). The van der Waals surface area contributed by atoms with E-state index in [9.17, 15) is 4.79 Å². The van der Waals surface area contributed by atoms with E-state index in [2.05, 4.69) is 20.7 Å². The minimum atomic E-state index is -0.333. The number of anilines is 2. The largest absolute Gasteiger partial charge is 0.417 e. The SMILES string of the molecule is CC1=C(C(=O)Nc2cccnc2)C(c2cccs2)[n+]2[nH]c(SCc3ccccc3Cl)nc2N1. The fraction of sp³-hybridized carbons (Fsp3) is 0.130. The number of H-pyrrole nitrogens is 1. The second-order valence-corrected chi connectivity index (χ2v) is 9.73. The Kier molecular flexibility index (Phi) is 6.17. The molecule has 1 aliphatic heterocycles. The summed E-state index contributed by atoms with van der Waals surface area (Å²) in [6.45, 7) is 1.90. The van der Waals surface area contributed by atoms with Crippen LogP contribution in [-0.2, 0) is 10.5 Å². The molecule has 3 aromatic heterocycles. The van der Waals surface area contributed by atoms with Gasteiger partial charge in [0.2, 0.25) is 0 Å². The third kappa shape index (κ3) is 4.52. The predicted octanol–water partition coefficient (Wildman–Crippen LogP) is 5.03. The van der Waals surface area contributed by atoms with Crippen molar-refractivity contribution in [3.8, 4) is 0 Å². The van der Waals surface area contributed by atoms with E-state index >= 15 is 0 Å². The molecule has 1 aromatic carbocycles. The molecule has 1 aliphatic rings. The number of nitrogens with one attached hydrogen (secondary N) is 3. The number of nitrogens with zero attached hydrogens (tertiary/aromatic N) is 3. The number of rotatable bonds is 6. The summed E-state index contributed by atoms with van der Waals surface area (Å²) >= 11 is 9.46. The van der Waals surface area contributed by atoms with E-state index < -0.39 is 0 Å². The van der Waals surface area contributed by atoms with Gasteiger partial charge in [0.15, 0.2) is 6.04 Å². The first-order chi connectivity index (χ1) is 16.1. The molecule has 0 saturated carbocycles. The van der Waals surface area contributed by atoms with E-state index in [-0.39, 0.29) is 11.9 Å². The number of fused-ring (bicyclic) bond motifs is 1. The van der Waals surface area contributed by atoms with Crippen LogP contribution in [0.4, 0.5) is 11.6 Å². The van der Waals surface area contributed by atoms with E-state index in [1.165, 1.54) is 0 Å². The Labute approximate surface area is 203 Å². The van der Waals surface area contributed by atoms with Gasteiger partial charge in [-0.1, -0.05) is 47.6 Å². The van der Waals surface area contributed by atoms with Gasteiger partial charge in [-0.2, -0.15) is 0 Å². The Morgan fingerprint density at radius 3 is 2.88 bits per heavy atom. The fourth-order valence-electron chi connectivity index (χ4n) is 3.65. The van der Waals surface area contributed by atoms with Gasteiger partial charge in [0.1, 0.15) is 0 Å². The average Bonchev–Trinajstić information content (AvgIpc) is 3.48. The van der Waals surface area contributed by atoms with Gasteiger partial charge in [-0.3, -0.25) is 9.78 Å². The molecule has 10 heteroatoms. The molecule has 1 amide bonds. The van der Waals surface area contributed by atoms with Crippen molar-refractivity contribution in [2.24, 2.45) is 0 Å². The molecule has 1 atom stereocenters. The Balaban J connectivity index is 1.46. The van der Waals surface area contributed by atoms with E-state index in [4.69, 9.17) is 16.6 Å². The minimum Gasteiger partial charge on any atom is -0.321 e. The highest BCUT2D eigenvalue weighted by Crippen LogP contribution is 2.34. The summed E-state index contributed by atoms with van der Waals surface area (Å²) < 4.78 is 1.91. The normalized spacial score (nSPS) is 15.2. The first-order valence-electron chi connectivity index (χ1n) is 10.2. The third-order valence-electron chi connectivity index (χ3n) is 5.19. The maximum Gasteiger partial charge on any atom is 0.417 e. The molecular weight excluding hydrogens is 476 g/mol. The van der Waals surface area contributed by atoms with Crippen molar-refractivity contribution in [2.45, 2.75) is 23.9 Å². The summed E-state index contributed by atoms with van der Waals surface area (Å²) in [5.74, 6) is 1.15. The molecular formula is C23H20ClN6OS2+. The molecule has 0 radical (unpaired) electrons. The van der Waals surface area contributed by atoms with Crippen LogP contribution < -0.4 is 15.3 Å². The Morgan fingerprint density at radius 2 is 2.12 bits per heavy atom. The lowest BCUT2D eigenvalue weighted by molar-refractivity contribution is -0.748. The van der Waals surface area contributed by atoms with Crippen LogP contribution in [0.3, 0.4) is 0 Å². The van der Waals surface area contributed by atoms with E-state index in [1.807, 2.05) is 59.5 Å². The number of benzene rings is 1. The lowest BCUT2D eigenvalue weighted by Gasteiger charge is -2.22. The number of pyridine rings is 1. The topological polar surface area (TPSA) is 86.6 Å². The zero-order chi connectivity index (χ0) is 22.8. The third-order valence-corrected chi connectivity index (χ3v) is 7.39. The van der Waals surface area contributed by atoms with Crippen molar-refractivity contribution in [1.29, 1.82) is 0 Å². The molecule has 33 heavy (non-hydrogen) atoms. The molecule has 3 N–H and O–H groups in total. The number of halogens is 1. The Bertz CT molecular complexity index is 1320. The van der Waals surface area contributed by atoms with Crippen LogP contribution in [0.1, 0.15) is 23.4 Å². The number of hydrogen-bond acceptors (Lipinski definition) is 6. The molecule has 7 nitrogen and oxygen atoms in total. The monoisotopic (exact) mass is 495 g/mol.